The maximum Gasteiger partial charge on any atom is 0.194 e. The lowest BCUT2D eigenvalue weighted by Crippen LogP contribution is -2.31. The number of nitrogens with zero attached hydrogens (tertiary/aromatic N) is 2. The molecule has 0 aliphatic rings. The Balaban J connectivity index is 2.58. The van der Waals surface area contributed by atoms with Crippen molar-refractivity contribution in [3.63, 3.8) is 0 Å². The fourth-order valence-corrected chi connectivity index (χ4v) is 1.99. The molecule has 20 heavy (non-hydrogen) atoms. The summed E-state index contributed by atoms with van der Waals surface area (Å²) in [6, 6.07) is 1.01. The lowest BCUT2D eigenvalue weighted by Gasteiger charge is -2.19. The number of hydrogen-bond acceptors (Lipinski definition) is 4. The van der Waals surface area contributed by atoms with Crippen molar-refractivity contribution in [1.29, 1.82) is 0 Å². The van der Waals surface area contributed by atoms with Gasteiger partial charge in [0.2, 0.25) is 0 Å². The zero-order chi connectivity index (χ0) is 14.9. The molecule has 1 unspecified atom stereocenters. The number of rotatable bonds is 4. The lowest BCUT2D eigenvalue weighted by atomic mass is 10.0. The average Bonchev–Trinajstić information content (AvgIpc) is 2.81. The highest BCUT2D eigenvalue weighted by atomic mass is 19.2. The van der Waals surface area contributed by atoms with Crippen LogP contribution >= 0.6 is 0 Å². The molecule has 0 saturated heterocycles. The zero-order valence-corrected chi connectivity index (χ0v) is 10.8. The van der Waals surface area contributed by atoms with Crippen LogP contribution in [0.25, 0.3) is 0 Å². The number of nitrogens with two attached hydrogens (primary N) is 1. The lowest BCUT2D eigenvalue weighted by molar-refractivity contribution is 0.396. The molecule has 0 bridgehead atoms. The molecule has 0 radical (unpaired) electrons. The van der Waals surface area contributed by atoms with Crippen LogP contribution in [0.4, 0.5) is 13.2 Å². The van der Waals surface area contributed by atoms with Crippen molar-refractivity contribution in [2.75, 3.05) is 7.11 Å². The predicted octanol–water partition coefficient (Wildman–Crippen LogP) is 1.40. The van der Waals surface area contributed by atoms with Gasteiger partial charge in [-0.15, -0.1) is 0 Å². The van der Waals surface area contributed by atoms with E-state index in [9.17, 15) is 13.2 Å². The van der Waals surface area contributed by atoms with Crippen molar-refractivity contribution in [3.8, 4) is 5.75 Å². The normalized spacial score (nSPS) is 12.5. The molecule has 1 aromatic heterocycles. The number of hydrazine groups is 1. The minimum Gasteiger partial charge on any atom is -0.493 e. The molecule has 108 valence electrons. The smallest absolute Gasteiger partial charge is 0.194 e. The van der Waals surface area contributed by atoms with Crippen LogP contribution in [0.2, 0.25) is 0 Å². The van der Waals surface area contributed by atoms with Gasteiger partial charge in [-0.25, -0.2) is 18.6 Å². The highest BCUT2D eigenvalue weighted by molar-refractivity contribution is 5.37. The van der Waals surface area contributed by atoms with E-state index in [0.717, 1.165) is 12.1 Å². The number of ether oxygens (including phenoxy) is 1. The Bertz CT molecular complexity index is 629. The molecule has 0 fully saturated rings. The van der Waals surface area contributed by atoms with Crippen molar-refractivity contribution < 1.29 is 17.9 Å². The van der Waals surface area contributed by atoms with E-state index in [1.54, 1.807) is 7.05 Å². The maximum atomic E-state index is 13.9. The monoisotopic (exact) mass is 286 g/mol. The van der Waals surface area contributed by atoms with Crippen LogP contribution in [0.3, 0.4) is 0 Å². The van der Waals surface area contributed by atoms with Gasteiger partial charge in [-0.2, -0.15) is 5.10 Å². The summed E-state index contributed by atoms with van der Waals surface area (Å²) in [7, 11) is 3.01. The Morgan fingerprint density at radius 2 is 2.00 bits per heavy atom. The third-order valence-corrected chi connectivity index (χ3v) is 2.99. The van der Waals surface area contributed by atoms with Crippen LogP contribution in [-0.4, -0.2) is 16.9 Å². The van der Waals surface area contributed by atoms with E-state index in [2.05, 4.69) is 10.5 Å². The first-order valence-electron chi connectivity index (χ1n) is 5.66. The Hall–Kier alpha value is -2.06. The molecule has 5 nitrogen and oxygen atoms in total. The molecule has 0 spiro atoms. The molecule has 0 amide bonds. The number of benzene rings is 1. The summed E-state index contributed by atoms with van der Waals surface area (Å²) in [5.41, 5.74) is 2.60. The topological polar surface area (TPSA) is 65.1 Å². The number of aryl methyl sites for hydroxylation is 1. The van der Waals surface area contributed by atoms with E-state index in [0.29, 0.717) is 11.4 Å². The summed E-state index contributed by atoms with van der Waals surface area (Å²) in [5.74, 6) is 1.64. The zero-order valence-electron chi connectivity index (χ0n) is 10.8. The molecular weight excluding hydrogens is 273 g/mol. The molecule has 0 saturated carbocycles. The van der Waals surface area contributed by atoms with E-state index in [4.69, 9.17) is 10.6 Å². The maximum absolute atomic E-state index is 13.9. The predicted molar refractivity (Wildman–Crippen MR) is 65.2 cm³/mol. The summed E-state index contributed by atoms with van der Waals surface area (Å²) < 4.78 is 46.7. The van der Waals surface area contributed by atoms with Crippen LogP contribution in [0.1, 0.15) is 17.3 Å². The van der Waals surface area contributed by atoms with E-state index in [-0.39, 0.29) is 5.56 Å². The number of hydrogen-bond donors (Lipinski definition) is 2. The molecule has 0 aliphatic carbocycles. The minimum atomic E-state index is -1.55. The number of methoxy groups -OCH3 is 1. The number of aromatic nitrogens is 2. The van der Waals surface area contributed by atoms with Crippen LogP contribution in [0.5, 0.6) is 5.75 Å². The van der Waals surface area contributed by atoms with E-state index < -0.39 is 23.5 Å². The number of halogens is 3. The van der Waals surface area contributed by atoms with Gasteiger partial charge in [0.15, 0.2) is 23.2 Å². The van der Waals surface area contributed by atoms with Crippen molar-refractivity contribution in [2.45, 2.75) is 6.04 Å². The van der Waals surface area contributed by atoms with Gasteiger partial charge in [0.1, 0.15) is 5.69 Å². The van der Waals surface area contributed by atoms with Gasteiger partial charge in [-0.3, -0.25) is 10.5 Å². The average molecular weight is 286 g/mol. The molecule has 8 heteroatoms. The molecule has 1 heterocycles. The quantitative estimate of drug-likeness (QED) is 0.506. The van der Waals surface area contributed by atoms with Gasteiger partial charge in [0.05, 0.1) is 19.3 Å². The first-order valence-corrected chi connectivity index (χ1v) is 5.66. The Morgan fingerprint density at radius 1 is 1.30 bits per heavy atom. The molecule has 2 rings (SSSR count). The number of nitrogens with one attached hydrogen (secondary N) is 1. The van der Waals surface area contributed by atoms with E-state index in [1.165, 1.54) is 18.0 Å². The second-order valence-corrected chi connectivity index (χ2v) is 4.09. The Labute approximate surface area is 113 Å². The van der Waals surface area contributed by atoms with Gasteiger partial charge in [-0.05, 0) is 6.07 Å². The molecule has 1 aromatic carbocycles. The van der Waals surface area contributed by atoms with Gasteiger partial charge < -0.3 is 4.74 Å². The SMILES string of the molecule is COc1cnn(C)c1C(NN)c1ccc(F)c(F)c1F. The highest BCUT2D eigenvalue weighted by Gasteiger charge is 2.26. The van der Waals surface area contributed by atoms with Crippen LogP contribution in [0.15, 0.2) is 18.3 Å². The molecule has 2 aromatic rings. The van der Waals surface area contributed by atoms with Crippen molar-refractivity contribution in [2.24, 2.45) is 12.9 Å². The van der Waals surface area contributed by atoms with Gasteiger partial charge in [0.25, 0.3) is 0 Å². The molecule has 1 atom stereocenters. The standard InChI is InChI=1S/C12H13F3N4O/c1-19-12(8(20-2)5-17-19)11(18-16)6-3-4-7(13)10(15)9(6)14/h3-5,11,18H,16H2,1-2H3. The molecular formula is C12H13F3N4O. The highest BCUT2D eigenvalue weighted by Crippen LogP contribution is 2.31. The third kappa shape index (κ3) is 2.23. The van der Waals surface area contributed by atoms with Crippen LogP contribution in [0, 0.1) is 17.5 Å². The first-order chi connectivity index (χ1) is 9.51. The second-order valence-electron chi connectivity index (χ2n) is 4.09. The summed E-state index contributed by atoms with van der Waals surface area (Å²) in [6.07, 6.45) is 1.41. The molecule has 3 N–H and O–H groups in total. The van der Waals surface area contributed by atoms with Crippen molar-refractivity contribution in [1.82, 2.24) is 15.2 Å². The summed E-state index contributed by atoms with van der Waals surface area (Å²) in [4.78, 5) is 0. The van der Waals surface area contributed by atoms with E-state index in [1.807, 2.05) is 0 Å². The Kier molecular flexibility index (Phi) is 3.96. The Morgan fingerprint density at radius 3 is 2.60 bits per heavy atom. The molecule has 0 aliphatic heterocycles. The minimum absolute atomic E-state index is 0.145. The van der Waals surface area contributed by atoms with Gasteiger partial charge >= 0.3 is 0 Å². The van der Waals surface area contributed by atoms with Gasteiger partial charge in [0, 0.05) is 12.6 Å². The first kappa shape index (κ1) is 14.4. The fourth-order valence-electron chi connectivity index (χ4n) is 1.99. The van der Waals surface area contributed by atoms with Crippen molar-refractivity contribution >= 4 is 0 Å². The largest absolute Gasteiger partial charge is 0.493 e. The fraction of sp³-hybridized carbons (Fsp3) is 0.250. The summed E-state index contributed by atoms with van der Waals surface area (Å²) in [5, 5.41) is 3.96. The van der Waals surface area contributed by atoms with Gasteiger partial charge in [-0.1, -0.05) is 6.07 Å². The van der Waals surface area contributed by atoms with Crippen molar-refractivity contribution in [3.05, 3.63) is 47.0 Å². The summed E-state index contributed by atoms with van der Waals surface area (Å²) >= 11 is 0. The van der Waals surface area contributed by atoms with Crippen LogP contribution in [-0.2, 0) is 7.05 Å². The van der Waals surface area contributed by atoms with Crippen LogP contribution < -0.4 is 16.0 Å². The second kappa shape index (κ2) is 5.51. The summed E-state index contributed by atoms with van der Waals surface area (Å²) in [6.45, 7) is 0. The van der Waals surface area contributed by atoms with E-state index >= 15 is 0 Å². The third-order valence-electron chi connectivity index (χ3n) is 2.99.